The van der Waals surface area contributed by atoms with Crippen LogP contribution in [-0.2, 0) is 4.79 Å². The summed E-state index contributed by atoms with van der Waals surface area (Å²) in [5.74, 6) is -0.254. The highest BCUT2D eigenvalue weighted by Gasteiger charge is 2.23. The topological polar surface area (TPSA) is 88.9 Å². The van der Waals surface area contributed by atoms with Crippen LogP contribution in [0, 0.1) is 13.8 Å². The number of carbonyl (C=O) groups is 2. The number of amides is 2. The van der Waals surface area contributed by atoms with E-state index in [-0.39, 0.29) is 23.7 Å². The number of nitrogens with zero attached hydrogens (tertiary/aromatic N) is 1. The molecule has 0 spiro atoms. The summed E-state index contributed by atoms with van der Waals surface area (Å²) in [6.45, 7) is 3.71. The highest BCUT2D eigenvalue weighted by molar-refractivity contribution is 6.04. The fraction of sp³-hybridized carbons (Fsp3) is 0.190. The molecule has 1 aliphatic heterocycles. The molecule has 2 heterocycles. The monoisotopic (exact) mass is 378 g/mol. The van der Waals surface area contributed by atoms with Gasteiger partial charge in [-0.1, -0.05) is 6.07 Å². The van der Waals surface area contributed by atoms with Gasteiger partial charge in [-0.15, -0.1) is 0 Å². The van der Waals surface area contributed by atoms with Crippen LogP contribution in [0.2, 0.25) is 0 Å². The number of rotatable bonds is 2. The lowest BCUT2D eigenvalue weighted by atomic mass is 10.1. The third kappa shape index (κ3) is 3.00. The minimum absolute atomic E-state index is 0.0176. The standard InChI is InChI=1S/C21H18N2O5/c1-11-6-12(2)20-15(24)9-18(28-17(20)7-11)21(26)22-13-4-5-16-14(8-13)23(3)19(25)10-27-16/h4-9H,10H2,1-3H3,(H,22,26). The minimum atomic E-state index is -0.552. The van der Waals surface area contributed by atoms with E-state index in [4.69, 9.17) is 9.15 Å². The summed E-state index contributed by atoms with van der Waals surface area (Å²) < 4.78 is 11.1. The van der Waals surface area contributed by atoms with Crippen LogP contribution < -0.4 is 20.4 Å². The summed E-state index contributed by atoms with van der Waals surface area (Å²) >= 11 is 0. The molecule has 1 aromatic heterocycles. The second-order valence-corrected chi connectivity index (χ2v) is 6.81. The number of anilines is 2. The quantitative estimate of drug-likeness (QED) is 0.740. The van der Waals surface area contributed by atoms with Crippen LogP contribution in [-0.4, -0.2) is 25.5 Å². The molecule has 0 saturated carbocycles. The van der Waals surface area contributed by atoms with Crippen molar-refractivity contribution in [3.05, 3.63) is 63.5 Å². The minimum Gasteiger partial charge on any atom is -0.482 e. The molecule has 1 aliphatic rings. The molecule has 0 unspecified atom stereocenters. The molecule has 0 atom stereocenters. The summed E-state index contributed by atoms with van der Waals surface area (Å²) in [6.07, 6.45) is 0. The fourth-order valence-corrected chi connectivity index (χ4v) is 3.32. The number of aryl methyl sites for hydroxylation is 2. The van der Waals surface area contributed by atoms with Gasteiger partial charge in [-0.25, -0.2) is 0 Å². The Balaban J connectivity index is 1.68. The molecule has 28 heavy (non-hydrogen) atoms. The molecular formula is C21H18N2O5. The number of likely N-dealkylation sites (N-methyl/N-ethyl adjacent to an activating group) is 1. The van der Waals surface area contributed by atoms with E-state index in [2.05, 4.69) is 5.32 Å². The average Bonchev–Trinajstić information content (AvgIpc) is 2.64. The van der Waals surface area contributed by atoms with Crippen LogP contribution in [0.15, 0.2) is 45.6 Å². The maximum atomic E-state index is 12.6. The van der Waals surface area contributed by atoms with Gasteiger partial charge >= 0.3 is 0 Å². The summed E-state index contributed by atoms with van der Waals surface area (Å²) in [7, 11) is 1.64. The number of hydrogen-bond donors (Lipinski definition) is 1. The smallest absolute Gasteiger partial charge is 0.291 e. The molecule has 1 N–H and O–H groups in total. The van der Waals surface area contributed by atoms with Gasteiger partial charge in [0.2, 0.25) is 0 Å². The van der Waals surface area contributed by atoms with E-state index in [0.29, 0.717) is 28.1 Å². The normalized spacial score (nSPS) is 13.2. The lowest BCUT2D eigenvalue weighted by Crippen LogP contribution is -2.35. The van der Waals surface area contributed by atoms with E-state index in [9.17, 15) is 14.4 Å². The second kappa shape index (κ2) is 6.53. The van der Waals surface area contributed by atoms with Gasteiger partial charge < -0.3 is 19.4 Å². The van der Waals surface area contributed by atoms with Gasteiger partial charge in [-0.2, -0.15) is 0 Å². The van der Waals surface area contributed by atoms with Crippen molar-refractivity contribution in [1.29, 1.82) is 0 Å². The van der Waals surface area contributed by atoms with Crippen molar-refractivity contribution in [2.75, 3.05) is 23.9 Å². The number of ether oxygens (including phenoxy) is 1. The number of carbonyl (C=O) groups excluding carboxylic acids is 2. The van der Waals surface area contributed by atoms with E-state index < -0.39 is 5.91 Å². The van der Waals surface area contributed by atoms with Crippen molar-refractivity contribution in [3.63, 3.8) is 0 Å². The Labute approximate surface area is 160 Å². The van der Waals surface area contributed by atoms with Crippen molar-refractivity contribution in [3.8, 4) is 5.75 Å². The van der Waals surface area contributed by atoms with Gasteiger partial charge in [0.25, 0.3) is 11.8 Å². The van der Waals surface area contributed by atoms with Gasteiger partial charge in [0.05, 0.1) is 11.1 Å². The number of hydrogen-bond acceptors (Lipinski definition) is 5. The predicted molar refractivity (Wildman–Crippen MR) is 105 cm³/mol. The second-order valence-electron chi connectivity index (χ2n) is 6.81. The van der Waals surface area contributed by atoms with Crippen LogP contribution >= 0.6 is 0 Å². The Morgan fingerprint density at radius 3 is 2.68 bits per heavy atom. The van der Waals surface area contributed by atoms with E-state index in [1.807, 2.05) is 19.9 Å². The molecule has 0 saturated heterocycles. The third-order valence-electron chi connectivity index (χ3n) is 4.70. The molecule has 3 aromatic rings. The molecule has 7 nitrogen and oxygen atoms in total. The van der Waals surface area contributed by atoms with Crippen molar-refractivity contribution >= 4 is 34.2 Å². The predicted octanol–water partition coefficient (Wildman–Crippen LogP) is 3.02. The van der Waals surface area contributed by atoms with Gasteiger partial charge in [-0.05, 0) is 49.2 Å². The largest absolute Gasteiger partial charge is 0.482 e. The highest BCUT2D eigenvalue weighted by atomic mass is 16.5. The van der Waals surface area contributed by atoms with Crippen LogP contribution in [0.4, 0.5) is 11.4 Å². The van der Waals surface area contributed by atoms with E-state index >= 15 is 0 Å². The number of fused-ring (bicyclic) bond motifs is 2. The Hall–Kier alpha value is -3.61. The number of benzene rings is 2. The molecule has 142 valence electrons. The van der Waals surface area contributed by atoms with Gasteiger partial charge in [0.1, 0.15) is 11.3 Å². The summed E-state index contributed by atoms with van der Waals surface area (Å²) in [6, 6.07) is 9.79. The molecule has 4 rings (SSSR count). The van der Waals surface area contributed by atoms with Gasteiger partial charge in [-0.3, -0.25) is 14.4 Å². The molecule has 2 amide bonds. The highest BCUT2D eigenvalue weighted by Crippen LogP contribution is 2.33. The Bertz CT molecular complexity index is 1200. The van der Waals surface area contributed by atoms with E-state index in [1.54, 1.807) is 31.3 Å². The Kier molecular flexibility index (Phi) is 4.15. The van der Waals surface area contributed by atoms with Gasteiger partial charge in [0.15, 0.2) is 17.8 Å². The van der Waals surface area contributed by atoms with Crippen LogP contribution in [0.3, 0.4) is 0 Å². The lowest BCUT2D eigenvalue weighted by molar-refractivity contribution is -0.120. The zero-order chi connectivity index (χ0) is 20.0. The third-order valence-corrected chi connectivity index (χ3v) is 4.70. The van der Waals surface area contributed by atoms with Crippen molar-refractivity contribution < 1.29 is 18.7 Å². The van der Waals surface area contributed by atoms with E-state index in [0.717, 1.165) is 11.1 Å². The molecule has 7 heteroatoms. The Morgan fingerprint density at radius 1 is 1.11 bits per heavy atom. The first-order valence-electron chi connectivity index (χ1n) is 8.73. The zero-order valence-corrected chi connectivity index (χ0v) is 15.7. The van der Waals surface area contributed by atoms with E-state index in [1.165, 1.54) is 11.0 Å². The van der Waals surface area contributed by atoms with Crippen LogP contribution in [0.25, 0.3) is 11.0 Å². The molecule has 0 fully saturated rings. The van der Waals surface area contributed by atoms with Crippen LogP contribution in [0.1, 0.15) is 21.7 Å². The first-order valence-corrected chi connectivity index (χ1v) is 8.73. The molecule has 0 bridgehead atoms. The number of nitrogens with one attached hydrogen (secondary N) is 1. The molecule has 0 radical (unpaired) electrons. The van der Waals surface area contributed by atoms with Crippen molar-refractivity contribution in [2.45, 2.75) is 13.8 Å². The summed E-state index contributed by atoms with van der Waals surface area (Å²) in [4.78, 5) is 38.4. The first-order chi connectivity index (χ1) is 13.3. The molecular weight excluding hydrogens is 360 g/mol. The maximum Gasteiger partial charge on any atom is 0.291 e. The zero-order valence-electron chi connectivity index (χ0n) is 15.7. The van der Waals surface area contributed by atoms with Gasteiger partial charge in [0, 0.05) is 18.8 Å². The summed E-state index contributed by atoms with van der Waals surface area (Å²) in [5.41, 5.74) is 2.86. The van der Waals surface area contributed by atoms with Crippen molar-refractivity contribution in [1.82, 2.24) is 0 Å². The fourth-order valence-electron chi connectivity index (χ4n) is 3.32. The average molecular weight is 378 g/mol. The molecule has 0 aliphatic carbocycles. The van der Waals surface area contributed by atoms with Crippen LogP contribution in [0.5, 0.6) is 5.75 Å². The Morgan fingerprint density at radius 2 is 1.89 bits per heavy atom. The summed E-state index contributed by atoms with van der Waals surface area (Å²) in [5, 5.41) is 3.17. The SMILES string of the molecule is Cc1cc(C)c2c(=O)cc(C(=O)Nc3ccc4c(c3)N(C)C(=O)CO4)oc2c1. The molecule has 2 aromatic carbocycles. The first kappa shape index (κ1) is 17.8. The van der Waals surface area contributed by atoms with Crippen molar-refractivity contribution in [2.24, 2.45) is 0 Å². The maximum absolute atomic E-state index is 12.6. The lowest BCUT2D eigenvalue weighted by Gasteiger charge is -2.26.